The zero-order chi connectivity index (χ0) is 13.4. The fraction of sp³-hybridized carbons (Fsp3) is 0.0667. The first-order valence-electron chi connectivity index (χ1n) is 5.72. The molecule has 96 valence electrons. The third kappa shape index (κ3) is 2.30. The molecule has 0 spiro atoms. The smallest absolute Gasteiger partial charge is 0.204 e. The summed E-state index contributed by atoms with van der Waals surface area (Å²) in [7, 11) is 0. The van der Waals surface area contributed by atoms with E-state index < -0.39 is 6.43 Å². The van der Waals surface area contributed by atoms with Gasteiger partial charge in [0.15, 0.2) is 0 Å². The third-order valence-electron chi connectivity index (χ3n) is 2.94. The molecule has 4 heteroatoms. The van der Waals surface area contributed by atoms with Crippen molar-refractivity contribution in [3.63, 3.8) is 0 Å². The lowest BCUT2D eigenvalue weighted by atomic mass is 10.0. The average Bonchev–Trinajstić information content (AvgIpc) is 2.78. The van der Waals surface area contributed by atoms with Crippen LogP contribution in [0.3, 0.4) is 0 Å². The first-order chi connectivity index (χ1) is 9.16. The van der Waals surface area contributed by atoms with Crippen LogP contribution >= 0.6 is 27.3 Å². The number of rotatable bonds is 2. The van der Waals surface area contributed by atoms with Crippen molar-refractivity contribution < 1.29 is 8.78 Å². The van der Waals surface area contributed by atoms with E-state index in [9.17, 15) is 8.78 Å². The molecule has 0 aliphatic carbocycles. The number of benzene rings is 2. The Hall–Kier alpha value is -1.26. The van der Waals surface area contributed by atoms with E-state index in [4.69, 9.17) is 0 Å². The van der Waals surface area contributed by atoms with Gasteiger partial charge in [-0.25, -0.2) is 8.78 Å². The van der Waals surface area contributed by atoms with Gasteiger partial charge in [0.05, 0.1) is 4.88 Å². The highest BCUT2D eigenvalue weighted by molar-refractivity contribution is 9.10. The summed E-state index contributed by atoms with van der Waals surface area (Å²) < 4.78 is 28.3. The summed E-state index contributed by atoms with van der Waals surface area (Å²) >= 11 is 4.54. The van der Waals surface area contributed by atoms with Gasteiger partial charge in [-0.1, -0.05) is 52.3 Å². The Kier molecular flexibility index (Phi) is 3.37. The van der Waals surface area contributed by atoms with Gasteiger partial charge in [0.2, 0.25) is 0 Å². The number of hydrogen-bond acceptors (Lipinski definition) is 1. The van der Waals surface area contributed by atoms with Gasteiger partial charge < -0.3 is 0 Å². The van der Waals surface area contributed by atoms with Crippen molar-refractivity contribution in [2.75, 3.05) is 0 Å². The van der Waals surface area contributed by atoms with Gasteiger partial charge >= 0.3 is 0 Å². The van der Waals surface area contributed by atoms with E-state index in [1.54, 1.807) is 0 Å². The number of thiophene rings is 1. The van der Waals surface area contributed by atoms with Crippen LogP contribution in [0.15, 0.2) is 53.0 Å². The maximum absolute atomic E-state index is 13.3. The molecule has 0 radical (unpaired) electrons. The van der Waals surface area contributed by atoms with E-state index >= 15 is 0 Å². The van der Waals surface area contributed by atoms with Crippen LogP contribution in [0, 0.1) is 0 Å². The molecule has 0 bridgehead atoms. The summed E-state index contributed by atoms with van der Waals surface area (Å²) in [6.07, 6.45) is -2.45. The summed E-state index contributed by atoms with van der Waals surface area (Å²) in [5.41, 5.74) is 1.49. The standard InChI is InChI=1S/C15H9BrF2S/c16-10-6-7-11-12(8-10)19-14(15(17)18)13(11)9-4-2-1-3-5-9/h1-8,15H. The summed E-state index contributed by atoms with van der Waals surface area (Å²) in [6, 6.07) is 15.0. The first-order valence-corrected chi connectivity index (χ1v) is 7.33. The van der Waals surface area contributed by atoms with Gasteiger partial charge in [0, 0.05) is 20.1 Å². The quantitative estimate of drug-likeness (QED) is 0.516. The van der Waals surface area contributed by atoms with Crippen LogP contribution in [-0.4, -0.2) is 0 Å². The monoisotopic (exact) mass is 338 g/mol. The minimum atomic E-state index is -2.45. The Morgan fingerprint density at radius 3 is 2.42 bits per heavy atom. The molecule has 3 rings (SSSR count). The van der Waals surface area contributed by atoms with Crippen molar-refractivity contribution in [1.82, 2.24) is 0 Å². The number of halogens is 3. The molecular weight excluding hydrogens is 330 g/mol. The van der Waals surface area contributed by atoms with Crippen molar-refractivity contribution in [3.05, 3.63) is 57.9 Å². The summed E-state index contributed by atoms with van der Waals surface area (Å²) in [4.78, 5) is 0.138. The van der Waals surface area contributed by atoms with Crippen molar-refractivity contribution in [1.29, 1.82) is 0 Å². The maximum atomic E-state index is 13.3. The molecule has 0 atom stereocenters. The fourth-order valence-corrected chi connectivity index (χ4v) is 3.78. The van der Waals surface area contributed by atoms with Crippen molar-refractivity contribution >= 4 is 37.4 Å². The average molecular weight is 339 g/mol. The predicted molar refractivity (Wildman–Crippen MR) is 79.9 cm³/mol. The second kappa shape index (κ2) is 5.02. The molecule has 0 amide bonds. The largest absolute Gasteiger partial charge is 0.273 e. The molecule has 0 aliphatic heterocycles. The Morgan fingerprint density at radius 2 is 1.74 bits per heavy atom. The maximum Gasteiger partial charge on any atom is 0.273 e. The van der Waals surface area contributed by atoms with E-state index in [0.29, 0.717) is 5.56 Å². The summed E-state index contributed by atoms with van der Waals surface area (Å²) in [6.45, 7) is 0. The molecule has 0 saturated carbocycles. The molecular formula is C15H9BrF2S. The molecule has 0 saturated heterocycles. The van der Waals surface area contributed by atoms with E-state index in [2.05, 4.69) is 15.9 Å². The van der Waals surface area contributed by atoms with E-state index in [1.807, 2.05) is 48.5 Å². The molecule has 0 N–H and O–H groups in total. The van der Waals surface area contributed by atoms with E-state index in [0.717, 1.165) is 31.5 Å². The highest BCUT2D eigenvalue weighted by Gasteiger charge is 2.20. The molecule has 0 aliphatic rings. The topological polar surface area (TPSA) is 0 Å². The van der Waals surface area contributed by atoms with Gasteiger partial charge in [-0.15, -0.1) is 11.3 Å². The molecule has 2 aromatic carbocycles. The minimum absolute atomic E-state index is 0.138. The lowest BCUT2D eigenvalue weighted by molar-refractivity contribution is 0.156. The van der Waals surface area contributed by atoms with Gasteiger partial charge in [-0.3, -0.25) is 0 Å². The van der Waals surface area contributed by atoms with Crippen molar-refractivity contribution in [2.45, 2.75) is 6.43 Å². The second-order valence-corrected chi connectivity index (χ2v) is 6.15. The predicted octanol–water partition coefficient (Wildman–Crippen LogP) is 6.27. The van der Waals surface area contributed by atoms with Crippen molar-refractivity contribution in [3.8, 4) is 11.1 Å². The molecule has 1 heterocycles. The second-order valence-electron chi connectivity index (χ2n) is 4.15. The zero-order valence-electron chi connectivity index (χ0n) is 9.74. The fourth-order valence-electron chi connectivity index (χ4n) is 2.15. The van der Waals surface area contributed by atoms with Crippen LogP contribution in [0.1, 0.15) is 11.3 Å². The van der Waals surface area contributed by atoms with Crippen molar-refractivity contribution in [2.24, 2.45) is 0 Å². The zero-order valence-corrected chi connectivity index (χ0v) is 12.1. The Balaban J connectivity index is 2.35. The number of fused-ring (bicyclic) bond motifs is 1. The SMILES string of the molecule is FC(F)c1sc2cc(Br)ccc2c1-c1ccccc1. The lowest BCUT2D eigenvalue weighted by Gasteiger charge is -2.04. The van der Waals surface area contributed by atoms with Crippen LogP contribution in [0.5, 0.6) is 0 Å². The van der Waals surface area contributed by atoms with Crippen LogP contribution < -0.4 is 0 Å². The molecule has 0 fully saturated rings. The first kappa shape index (κ1) is 12.8. The molecule has 0 unspecified atom stereocenters. The summed E-state index contributed by atoms with van der Waals surface area (Å²) in [5.74, 6) is 0. The van der Waals surface area contributed by atoms with Gasteiger partial charge in [0.25, 0.3) is 6.43 Å². The Labute approximate surface area is 121 Å². The highest BCUT2D eigenvalue weighted by Crippen LogP contribution is 2.44. The molecule has 0 nitrogen and oxygen atoms in total. The Bertz CT molecular complexity index is 720. The van der Waals surface area contributed by atoms with Gasteiger partial charge in [0.1, 0.15) is 0 Å². The van der Waals surface area contributed by atoms with Crippen LogP contribution in [0.4, 0.5) is 8.78 Å². The normalized spacial score (nSPS) is 11.4. The molecule has 19 heavy (non-hydrogen) atoms. The minimum Gasteiger partial charge on any atom is -0.204 e. The van der Waals surface area contributed by atoms with E-state index in [1.165, 1.54) is 0 Å². The van der Waals surface area contributed by atoms with Crippen LogP contribution in [-0.2, 0) is 0 Å². The van der Waals surface area contributed by atoms with Crippen LogP contribution in [0.2, 0.25) is 0 Å². The molecule has 3 aromatic rings. The van der Waals surface area contributed by atoms with E-state index in [-0.39, 0.29) is 4.88 Å². The highest BCUT2D eigenvalue weighted by atomic mass is 79.9. The third-order valence-corrected chi connectivity index (χ3v) is 4.59. The van der Waals surface area contributed by atoms with Crippen LogP contribution in [0.25, 0.3) is 21.2 Å². The molecule has 1 aromatic heterocycles. The Morgan fingerprint density at radius 1 is 1.00 bits per heavy atom. The number of hydrogen-bond donors (Lipinski definition) is 0. The van der Waals surface area contributed by atoms with Gasteiger partial charge in [-0.05, 0) is 17.7 Å². The lowest BCUT2D eigenvalue weighted by Crippen LogP contribution is -1.83. The number of alkyl halides is 2. The van der Waals surface area contributed by atoms with Gasteiger partial charge in [-0.2, -0.15) is 0 Å². The summed E-state index contributed by atoms with van der Waals surface area (Å²) in [5, 5.41) is 0.884.